The number of amides is 4. The predicted octanol–water partition coefficient (Wildman–Crippen LogP) is -0.662. The zero-order valence-corrected chi connectivity index (χ0v) is 12.1. The number of imide groups is 1. The normalized spacial score (nSPS) is 16.9. The summed E-state index contributed by atoms with van der Waals surface area (Å²) in [4.78, 5) is 48.9. The first-order valence-corrected chi connectivity index (χ1v) is 6.21. The SMILES string of the molecule is CCN(CC(=O)OC)C(=O)CN1C(=O)NC(C)(C)C1=O. The highest BCUT2D eigenvalue weighted by Gasteiger charge is 2.45. The lowest BCUT2D eigenvalue weighted by molar-refractivity contribution is -0.147. The predicted molar refractivity (Wildman–Crippen MR) is 68.6 cm³/mol. The van der Waals surface area contributed by atoms with E-state index < -0.39 is 29.4 Å². The summed E-state index contributed by atoms with van der Waals surface area (Å²) >= 11 is 0. The molecule has 0 bridgehead atoms. The van der Waals surface area contributed by atoms with Crippen LogP contribution in [0.2, 0.25) is 0 Å². The zero-order valence-electron chi connectivity index (χ0n) is 12.1. The van der Waals surface area contributed by atoms with Crippen molar-refractivity contribution in [3.63, 3.8) is 0 Å². The molecule has 0 unspecified atom stereocenters. The molecule has 8 heteroatoms. The Balaban J connectivity index is 2.72. The average Bonchev–Trinajstić information content (AvgIpc) is 2.57. The lowest BCUT2D eigenvalue weighted by Gasteiger charge is -2.22. The van der Waals surface area contributed by atoms with Crippen molar-refractivity contribution >= 4 is 23.8 Å². The van der Waals surface area contributed by atoms with E-state index in [-0.39, 0.29) is 19.6 Å². The molecule has 1 saturated heterocycles. The van der Waals surface area contributed by atoms with Gasteiger partial charge in [-0.2, -0.15) is 0 Å². The fraction of sp³-hybridized carbons (Fsp3) is 0.667. The number of urea groups is 1. The number of hydrogen-bond acceptors (Lipinski definition) is 5. The van der Waals surface area contributed by atoms with E-state index in [1.165, 1.54) is 12.0 Å². The molecular formula is C12H19N3O5. The molecule has 1 aliphatic rings. The molecule has 0 aromatic heterocycles. The second kappa shape index (κ2) is 5.89. The third kappa shape index (κ3) is 3.25. The minimum atomic E-state index is -1.02. The van der Waals surface area contributed by atoms with Crippen LogP contribution >= 0.6 is 0 Å². The third-order valence-electron chi connectivity index (χ3n) is 3.02. The van der Waals surface area contributed by atoms with Crippen molar-refractivity contribution in [2.75, 3.05) is 26.7 Å². The number of methoxy groups -OCH3 is 1. The largest absolute Gasteiger partial charge is 0.468 e. The standard InChI is InChI=1S/C12H19N3O5/c1-5-14(7-9(17)20-4)8(16)6-15-10(18)12(2,3)13-11(15)19/h5-7H2,1-4H3,(H,13,19). The molecule has 8 nitrogen and oxygen atoms in total. The minimum absolute atomic E-state index is 0.209. The Hall–Kier alpha value is -2.12. The maximum atomic E-state index is 12.0. The van der Waals surface area contributed by atoms with Crippen molar-refractivity contribution in [3.05, 3.63) is 0 Å². The van der Waals surface area contributed by atoms with E-state index >= 15 is 0 Å². The van der Waals surface area contributed by atoms with Gasteiger partial charge in [-0.1, -0.05) is 0 Å². The maximum absolute atomic E-state index is 12.0. The molecule has 1 N–H and O–H groups in total. The van der Waals surface area contributed by atoms with Crippen LogP contribution in [0.5, 0.6) is 0 Å². The van der Waals surface area contributed by atoms with Crippen LogP contribution in [-0.2, 0) is 19.1 Å². The number of rotatable bonds is 5. The van der Waals surface area contributed by atoms with Gasteiger partial charge in [0.15, 0.2) is 0 Å². The van der Waals surface area contributed by atoms with Crippen molar-refractivity contribution in [2.24, 2.45) is 0 Å². The Labute approximate surface area is 117 Å². The van der Waals surface area contributed by atoms with Crippen molar-refractivity contribution in [3.8, 4) is 0 Å². The molecule has 112 valence electrons. The van der Waals surface area contributed by atoms with Crippen molar-refractivity contribution in [2.45, 2.75) is 26.3 Å². The van der Waals surface area contributed by atoms with E-state index in [4.69, 9.17) is 0 Å². The number of esters is 1. The topological polar surface area (TPSA) is 96.0 Å². The molecule has 0 aliphatic carbocycles. The molecule has 0 saturated carbocycles. The fourth-order valence-electron chi connectivity index (χ4n) is 1.79. The fourth-order valence-corrected chi connectivity index (χ4v) is 1.79. The molecule has 0 aromatic rings. The van der Waals surface area contributed by atoms with E-state index in [9.17, 15) is 19.2 Å². The van der Waals surface area contributed by atoms with Gasteiger partial charge in [-0.05, 0) is 20.8 Å². The van der Waals surface area contributed by atoms with E-state index in [0.717, 1.165) is 4.90 Å². The van der Waals surface area contributed by atoms with Crippen LogP contribution in [0.4, 0.5) is 4.79 Å². The van der Waals surface area contributed by atoms with Gasteiger partial charge in [-0.3, -0.25) is 19.3 Å². The summed E-state index contributed by atoms with van der Waals surface area (Å²) in [6.07, 6.45) is 0. The molecule has 4 amide bonds. The van der Waals surface area contributed by atoms with Gasteiger partial charge in [0, 0.05) is 6.54 Å². The van der Waals surface area contributed by atoms with E-state index in [2.05, 4.69) is 10.1 Å². The number of nitrogens with zero attached hydrogens (tertiary/aromatic N) is 2. The molecule has 0 spiro atoms. The highest BCUT2D eigenvalue weighted by atomic mass is 16.5. The number of ether oxygens (including phenoxy) is 1. The average molecular weight is 285 g/mol. The molecule has 0 atom stereocenters. The molecule has 1 rings (SSSR count). The highest BCUT2D eigenvalue weighted by molar-refractivity contribution is 6.08. The number of likely N-dealkylation sites (N-methyl/N-ethyl adjacent to an activating group) is 1. The molecular weight excluding hydrogens is 266 g/mol. The molecule has 20 heavy (non-hydrogen) atoms. The van der Waals surface area contributed by atoms with Gasteiger partial charge in [-0.25, -0.2) is 4.79 Å². The summed E-state index contributed by atoms with van der Waals surface area (Å²) in [6, 6.07) is -0.609. The molecule has 1 fully saturated rings. The number of nitrogens with one attached hydrogen (secondary N) is 1. The summed E-state index contributed by atoms with van der Waals surface area (Å²) in [5.74, 6) is -1.51. The summed E-state index contributed by atoms with van der Waals surface area (Å²) in [6.45, 7) is 4.49. The monoisotopic (exact) mass is 285 g/mol. The van der Waals surface area contributed by atoms with Crippen LogP contribution in [-0.4, -0.2) is 65.9 Å². The van der Waals surface area contributed by atoms with Gasteiger partial charge >= 0.3 is 12.0 Å². The van der Waals surface area contributed by atoms with Crippen molar-refractivity contribution < 1.29 is 23.9 Å². The summed E-state index contributed by atoms with van der Waals surface area (Å²) in [7, 11) is 1.22. The number of carbonyl (C=O) groups is 4. The van der Waals surface area contributed by atoms with Gasteiger partial charge in [-0.15, -0.1) is 0 Å². The second-order valence-electron chi connectivity index (χ2n) is 4.93. The van der Waals surface area contributed by atoms with Gasteiger partial charge in [0.05, 0.1) is 7.11 Å². The highest BCUT2D eigenvalue weighted by Crippen LogP contribution is 2.16. The summed E-state index contributed by atoms with van der Waals surface area (Å²) in [5.41, 5.74) is -1.02. The van der Waals surface area contributed by atoms with E-state index in [0.29, 0.717) is 0 Å². The Morgan fingerprint density at radius 1 is 1.35 bits per heavy atom. The first-order chi connectivity index (χ1) is 9.22. The van der Waals surface area contributed by atoms with Crippen LogP contribution in [0.25, 0.3) is 0 Å². The first-order valence-electron chi connectivity index (χ1n) is 6.21. The number of carbonyl (C=O) groups excluding carboxylic acids is 4. The third-order valence-corrected chi connectivity index (χ3v) is 3.02. The minimum Gasteiger partial charge on any atom is -0.468 e. The van der Waals surface area contributed by atoms with Crippen LogP contribution in [0.15, 0.2) is 0 Å². The van der Waals surface area contributed by atoms with Crippen LogP contribution in [0.3, 0.4) is 0 Å². The van der Waals surface area contributed by atoms with Crippen molar-refractivity contribution in [1.29, 1.82) is 0 Å². The summed E-state index contributed by atoms with van der Waals surface area (Å²) < 4.78 is 4.49. The molecule has 1 heterocycles. The molecule has 0 radical (unpaired) electrons. The maximum Gasteiger partial charge on any atom is 0.325 e. The Morgan fingerprint density at radius 2 is 1.95 bits per heavy atom. The second-order valence-corrected chi connectivity index (χ2v) is 4.93. The van der Waals surface area contributed by atoms with Crippen LogP contribution in [0, 0.1) is 0 Å². The quantitative estimate of drug-likeness (QED) is 0.534. The Morgan fingerprint density at radius 3 is 2.35 bits per heavy atom. The van der Waals surface area contributed by atoms with E-state index in [1.807, 2.05) is 0 Å². The van der Waals surface area contributed by atoms with Gasteiger partial charge in [0.1, 0.15) is 18.6 Å². The van der Waals surface area contributed by atoms with Gasteiger partial charge in [0.2, 0.25) is 5.91 Å². The first kappa shape index (κ1) is 15.9. The van der Waals surface area contributed by atoms with Crippen molar-refractivity contribution in [1.82, 2.24) is 15.1 Å². The molecule has 0 aromatic carbocycles. The number of hydrogen-bond donors (Lipinski definition) is 1. The smallest absolute Gasteiger partial charge is 0.325 e. The van der Waals surface area contributed by atoms with Gasteiger partial charge in [0.25, 0.3) is 5.91 Å². The Kier molecular flexibility index (Phi) is 4.69. The van der Waals surface area contributed by atoms with E-state index in [1.54, 1.807) is 20.8 Å². The Bertz CT molecular complexity index is 446. The lowest BCUT2D eigenvalue weighted by Crippen LogP contribution is -2.45. The van der Waals surface area contributed by atoms with Crippen LogP contribution < -0.4 is 5.32 Å². The lowest BCUT2D eigenvalue weighted by atomic mass is 10.1. The van der Waals surface area contributed by atoms with Crippen LogP contribution in [0.1, 0.15) is 20.8 Å². The van der Waals surface area contributed by atoms with Gasteiger partial charge < -0.3 is 15.0 Å². The molecule has 1 aliphatic heterocycles. The zero-order chi connectivity index (χ0) is 15.5. The summed E-state index contributed by atoms with van der Waals surface area (Å²) in [5, 5.41) is 2.48.